The molecule has 1 rings (SSSR count). The Balaban J connectivity index is 3.48. The van der Waals surface area contributed by atoms with E-state index in [1.807, 2.05) is 0 Å². The lowest BCUT2D eigenvalue weighted by molar-refractivity contribution is 0.467. The van der Waals surface area contributed by atoms with E-state index in [2.05, 4.69) is 0 Å². The lowest BCUT2D eigenvalue weighted by Crippen LogP contribution is -2.05. The summed E-state index contributed by atoms with van der Waals surface area (Å²) in [5.41, 5.74) is -0.208. The lowest BCUT2D eigenvalue weighted by Gasteiger charge is -2.07. The van der Waals surface area contributed by atoms with Crippen molar-refractivity contribution in [3.63, 3.8) is 0 Å². The van der Waals surface area contributed by atoms with E-state index in [0.29, 0.717) is 0 Å². The Kier molecular flexibility index (Phi) is 3.51. The first-order chi connectivity index (χ1) is 7.11. The van der Waals surface area contributed by atoms with Gasteiger partial charge in [0, 0.05) is 22.5 Å². The van der Waals surface area contributed by atoms with Gasteiger partial charge in [0.15, 0.2) is 9.84 Å². The second-order valence-corrected chi connectivity index (χ2v) is 7.97. The fourth-order valence-corrected chi connectivity index (χ4v) is 3.24. The molecule has 8 heteroatoms. The molecule has 0 radical (unpaired) electrons. The third kappa shape index (κ3) is 3.36. The summed E-state index contributed by atoms with van der Waals surface area (Å²) >= 11 is 0. The molecule has 1 aromatic rings. The molecule has 1 N–H and O–H groups in total. The molecule has 1 aromatic carbocycles. The van der Waals surface area contributed by atoms with Crippen molar-refractivity contribution < 1.29 is 21.9 Å². The summed E-state index contributed by atoms with van der Waals surface area (Å²) in [7, 11) is -2.52. The fourth-order valence-electron chi connectivity index (χ4n) is 1.22. The summed E-state index contributed by atoms with van der Waals surface area (Å²) < 4.78 is 44.5. The van der Waals surface area contributed by atoms with Crippen molar-refractivity contribution in [2.45, 2.75) is 10.6 Å². The molecule has 5 nitrogen and oxygen atoms in total. The Bertz CT molecular complexity index is 603. The van der Waals surface area contributed by atoms with Gasteiger partial charge in [-0.3, -0.25) is 0 Å². The Morgan fingerprint density at radius 1 is 1.25 bits per heavy atom. The highest BCUT2D eigenvalue weighted by molar-refractivity contribution is 8.13. The quantitative estimate of drug-likeness (QED) is 0.832. The molecule has 0 aliphatic carbocycles. The zero-order valence-corrected chi connectivity index (χ0v) is 10.6. The van der Waals surface area contributed by atoms with Gasteiger partial charge in [0.05, 0.1) is 10.6 Å². The largest absolute Gasteiger partial charge is 0.508 e. The molecule has 90 valence electrons. The average molecular weight is 285 g/mol. The zero-order chi connectivity index (χ0) is 12.6. The fraction of sp³-hybridized carbons (Fsp3) is 0.250. The van der Waals surface area contributed by atoms with Crippen molar-refractivity contribution in [1.29, 1.82) is 0 Å². The number of hydrogen-bond donors (Lipinski definition) is 1. The highest BCUT2D eigenvalue weighted by atomic mass is 35.7. The molecule has 0 aliphatic rings. The third-order valence-corrected chi connectivity index (χ3v) is 3.97. The number of sulfone groups is 1. The van der Waals surface area contributed by atoms with Crippen LogP contribution in [0.2, 0.25) is 0 Å². The highest BCUT2D eigenvalue weighted by Crippen LogP contribution is 2.27. The Labute approximate surface area is 98.0 Å². The van der Waals surface area contributed by atoms with Gasteiger partial charge in [-0.15, -0.1) is 0 Å². The van der Waals surface area contributed by atoms with Crippen molar-refractivity contribution in [3.05, 3.63) is 23.8 Å². The van der Waals surface area contributed by atoms with E-state index in [1.165, 1.54) is 18.2 Å². The number of hydrogen-bond acceptors (Lipinski definition) is 5. The SMILES string of the molecule is CS(=O)(=O)c1cccc(O)c1CS(=O)(=O)Cl. The molecule has 0 saturated heterocycles. The zero-order valence-electron chi connectivity index (χ0n) is 8.21. The second-order valence-electron chi connectivity index (χ2n) is 3.21. The molecule has 0 aromatic heterocycles. The standard InChI is InChI=1S/C8H9ClO5S2/c1-15(11,12)8-4-2-3-7(10)6(8)5-16(9,13)14/h2-4,10H,5H2,1H3. The van der Waals surface area contributed by atoms with Crippen LogP contribution in [0.3, 0.4) is 0 Å². The summed E-state index contributed by atoms with van der Waals surface area (Å²) in [5.74, 6) is -1.14. The van der Waals surface area contributed by atoms with Gasteiger partial charge in [0.25, 0.3) is 0 Å². The molecular weight excluding hydrogens is 276 g/mol. The first-order valence-electron chi connectivity index (χ1n) is 4.04. The Morgan fingerprint density at radius 3 is 2.25 bits per heavy atom. The van der Waals surface area contributed by atoms with Crippen molar-refractivity contribution >= 4 is 29.6 Å². The maximum Gasteiger partial charge on any atom is 0.236 e. The average Bonchev–Trinajstić information content (AvgIpc) is 2.04. The number of benzene rings is 1. The van der Waals surface area contributed by atoms with Gasteiger partial charge in [-0.2, -0.15) is 0 Å². The predicted octanol–water partition coefficient (Wildman–Crippen LogP) is 0.864. The van der Waals surface area contributed by atoms with Crippen LogP contribution in [-0.2, 0) is 24.6 Å². The van der Waals surface area contributed by atoms with Crippen molar-refractivity contribution in [2.24, 2.45) is 0 Å². The first kappa shape index (κ1) is 13.3. The van der Waals surface area contributed by atoms with Crippen LogP contribution in [0.4, 0.5) is 0 Å². The number of phenolic OH excluding ortho intramolecular Hbond substituents is 1. The van der Waals surface area contributed by atoms with Crippen molar-refractivity contribution in [1.82, 2.24) is 0 Å². The molecule has 0 aliphatic heterocycles. The third-order valence-electron chi connectivity index (χ3n) is 1.82. The molecule has 0 heterocycles. The van der Waals surface area contributed by atoms with Crippen molar-refractivity contribution in [2.75, 3.05) is 6.26 Å². The van der Waals surface area contributed by atoms with Gasteiger partial charge in [-0.1, -0.05) is 6.07 Å². The van der Waals surface area contributed by atoms with E-state index in [0.717, 1.165) is 6.26 Å². The van der Waals surface area contributed by atoms with Gasteiger partial charge in [-0.25, -0.2) is 16.8 Å². The van der Waals surface area contributed by atoms with Gasteiger partial charge < -0.3 is 5.11 Å². The van der Waals surface area contributed by atoms with E-state index >= 15 is 0 Å². The van der Waals surface area contributed by atoms with E-state index < -0.39 is 30.4 Å². The molecule has 0 fully saturated rings. The monoisotopic (exact) mass is 284 g/mol. The molecular formula is C8H9ClO5S2. The maximum atomic E-state index is 11.3. The number of halogens is 1. The summed E-state index contributed by atoms with van der Waals surface area (Å²) in [4.78, 5) is -0.239. The first-order valence-corrected chi connectivity index (χ1v) is 8.41. The molecule has 0 unspecified atom stereocenters. The lowest BCUT2D eigenvalue weighted by atomic mass is 10.2. The van der Waals surface area contributed by atoms with E-state index in [9.17, 15) is 21.9 Å². The topological polar surface area (TPSA) is 88.5 Å². The maximum absolute atomic E-state index is 11.3. The predicted molar refractivity (Wildman–Crippen MR) is 59.7 cm³/mol. The Morgan fingerprint density at radius 2 is 1.81 bits per heavy atom. The van der Waals surface area contributed by atoms with Crippen LogP contribution in [0.1, 0.15) is 5.56 Å². The summed E-state index contributed by atoms with van der Waals surface area (Å²) in [6.07, 6.45) is 0.923. The van der Waals surface area contributed by atoms with Crippen LogP contribution in [0.5, 0.6) is 5.75 Å². The van der Waals surface area contributed by atoms with E-state index in [4.69, 9.17) is 10.7 Å². The number of aromatic hydroxyl groups is 1. The van der Waals surface area contributed by atoms with Crippen LogP contribution in [0, 0.1) is 0 Å². The second kappa shape index (κ2) is 4.23. The van der Waals surface area contributed by atoms with Crippen LogP contribution in [-0.4, -0.2) is 28.2 Å². The van der Waals surface area contributed by atoms with Crippen molar-refractivity contribution in [3.8, 4) is 5.75 Å². The van der Waals surface area contributed by atoms with Gasteiger partial charge in [0.1, 0.15) is 5.75 Å². The Hall–Kier alpha value is -0.790. The van der Waals surface area contributed by atoms with E-state index in [-0.39, 0.29) is 10.5 Å². The number of rotatable bonds is 3. The molecule has 0 spiro atoms. The molecule has 0 bridgehead atoms. The summed E-state index contributed by atoms with van der Waals surface area (Å²) in [6.45, 7) is 0. The minimum Gasteiger partial charge on any atom is -0.508 e. The number of phenols is 1. The minimum atomic E-state index is -3.93. The smallest absolute Gasteiger partial charge is 0.236 e. The van der Waals surface area contributed by atoms with Gasteiger partial charge in [-0.05, 0) is 12.1 Å². The molecule has 0 atom stereocenters. The normalized spacial score (nSPS) is 12.6. The molecule has 16 heavy (non-hydrogen) atoms. The minimum absolute atomic E-state index is 0.208. The van der Waals surface area contributed by atoms with Gasteiger partial charge >= 0.3 is 0 Å². The summed E-state index contributed by atoms with van der Waals surface area (Å²) in [5, 5.41) is 9.43. The van der Waals surface area contributed by atoms with Crippen LogP contribution >= 0.6 is 10.7 Å². The van der Waals surface area contributed by atoms with Crippen LogP contribution < -0.4 is 0 Å². The highest BCUT2D eigenvalue weighted by Gasteiger charge is 2.20. The van der Waals surface area contributed by atoms with Crippen LogP contribution in [0.15, 0.2) is 23.1 Å². The molecule has 0 amide bonds. The molecule has 0 saturated carbocycles. The van der Waals surface area contributed by atoms with Gasteiger partial charge in [0.2, 0.25) is 9.05 Å². The van der Waals surface area contributed by atoms with Crippen LogP contribution in [0.25, 0.3) is 0 Å². The summed E-state index contributed by atoms with van der Waals surface area (Å²) in [6, 6.07) is 3.73. The van der Waals surface area contributed by atoms with E-state index in [1.54, 1.807) is 0 Å².